The van der Waals surface area contributed by atoms with E-state index in [0.29, 0.717) is 5.75 Å². The van der Waals surface area contributed by atoms with Gasteiger partial charge in [-0.05, 0) is 59.3 Å². The van der Waals surface area contributed by atoms with Gasteiger partial charge in [-0.25, -0.2) is 4.79 Å². The normalized spacial score (nSPS) is 10.1. The lowest BCUT2D eigenvalue weighted by Gasteiger charge is -2.10. The minimum absolute atomic E-state index is 0.224. The van der Waals surface area contributed by atoms with Crippen LogP contribution in [0.25, 0.3) is 0 Å². The first-order valence-electron chi connectivity index (χ1n) is 5.34. The highest BCUT2D eigenvalue weighted by molar-refractivity contribution is 14.1. The second-order valence-corrected chi connectivity index (χ2v) is 4.98. The third kappa shape index (κ3) is 2.81. The summed E-state index contributed by atoms with van der Waals surface area (Å²) in [5.74, 6) is 0.338. The van der Waals surface area contributed by atoms with E-state index in [0.717, 1.165) is 14.9 Å². The fourth-order valence-corrected chi connectivity index (χ4v) is 1.99. The molecule has 0 bridgehead atoms. The van der Waals surface area contributed by atoms with Gasteiger partial charge < -0.3 is 9.84 Å². The van der Waals surface area contributed by atoms with Crippen LogP contribution < -0.4 is 4.74 Å². The molecule has 0 unspecified atom stereocenters. The fourth-order valence-electron chi connectivity index (χ4n) is 1.49. The van der Waals surface area contributed by atoms with E-state index in [4.69, 9.17) is 9.84 Å². The fraction of sp³-hybridized carbons (Fsp3) is 0.0714. The van der Waals surface area contributed by atoms with Gasteiger partial charge in [0.1, 0.15) is 11.5 Å². The van der Waals surface area contributed by atoms with Crippen LogP contribution in [-0.2, 0) is 0 Å². The van der Waals surface area contributed by atoms with Crippen molar-refractivity contribution in [2.45, 2.75) is 6.92 Å². The van der Waals surface area contributed by atoms with E-state index in [2.05, 4.69) is 22.6 Å². The minimum Gasteiger partial charge on any atom is -0.478 e. The zero-order chi connectivity index (χ0) is 13.1. The molecule has 2 aromatic carbocycles. The van der Waals surface area contributed by atoms with Crippen LogP contribution in [0.2, 0.25) is 0 Å². The molecule has 0 saturated carbocycles. The summed E-state index contributed by atoms with van der Waals surface area (Å²) in [6, 6.07) is 12.5. The van der Waals surface area contributed by atoms with Gasteiger partial charge in [-0.1, -0.05) is 18.2 Å². The summed E-state index contributed by atoms with van der Waals surface area (Å²) < 4.78 is 6.74. The number of para-hydroxylation sites is 1. The molecular weight excluding hydrogens is 343 g/mol. The molecule has 18 heavy (non-hydrogen) atoms. The maximum absolute atomic E-state index is 10.9. The average molecular weight is 354 g/mol. The van der Waals surface area contributed by atoms with Gasteiger partial charge in [0, 0.05) is 0 Å². The first-order chi connectivity index (χ1) is 8.58. The molecule has 0 spiro atoms. The van der Waals surface area contributed by atoms with Crippen LogP contribution in [0.5, 0.6) is 11.5 Å². The molecule has 2 rings (SSSR count). The molecule has 2 aromatic rings. The van der Waals surface area contributed by atoms with Gasteiger partial charge in [0.25, 0.3) is 0 Å². The Hall–Kier alpha value is -1.56. The quantitative estimate of drug-likeness (QED) is 0.845. The van der Waals surface area contributed by atoms with Crippen LogP contribution in [0.15, 0.2) is 42.5 Å². The number of carboxylic acids is 1. The molecule has 0 amide bonds. The number of aromatic carboxylic acids is 1. The van der Waals surface area contributed by atoms with Crippen molar-refractivity contribution < 1.29 is 14.6 Å². The van der Waals surface area contributed by atoms with Crippen molar-refractivity contribution in [2.24, 2.45) is 0 Å². The summed E-state index contributed by atoms with van der Waals surface area (Å²) in [6.45, 7) is 1.89. The highest BCUT2D eigenvalue weighted by Gasteiger charge is 2.09. The summed E-state index contributed by atoms with van der Waals surface area (Å²) in [7, 11) is 0. The maximum atomic E-state index is 10.9. The topological polar surface area (TPSA) is 46.5 Å². The van der Waals surface area contributed by atoms with Crippen molar-refractivity contribution in [3.8, 4) is 11.5 Å². The molecule has 0 aromatic heterocycles. The number of rotatable bonds is 3. The van der Waals surface area contributed by atoms with Gasteiger partial charge in [-0.15, -0.1) is 0 Å². The SMILES string of the molecule is Cc1ccc(C(=O)O)cc1Oc1ccccc1I. The monoisotopic (exact) mass is 354 g/mol. The predicted octanol–water partition coefficient (Wildman–Crippen LogP) is 4.09. The number of carboxylic acid groups (broad SMARTS) is 1. The lowest BCUT2D eigenvalue weighted by Crippen LogP contribution is -1.98. The van der Waals surface area contributed by atoms with Crippen molar-refractivity contribution in [1.82, 2.24) is 0 Å². The Morgan fingerprint density at radius 1 is 1.17 bits per heavy atom. The summed E-state index contributed by atoms with van der Waals surface area (Å²) in [5.41, 5.74) is 1.13. The molecule has 92 valence electrons. The molecule has 4 heteroatoms. The van der Waals surface area contributed by atoms with Gasteiger partial charge in [-0.2, -0.15) is 0 Å². The maximum Gasteiger partial charge on any atom is 0.335 e. The van der Waals surface area contributed by atoms with E-state index in [1.54, 1.807) is 18.2 Å². The lowest BCUT2D eigenvalue weighted by molar-refractivity contribution is 0.0696. The number of hydrogen-bond acceptors (Lipinski definition) is 2. The summed E-state index contributed by atoms with van der Waals surface area (Å²) in [4.78, 5) is 10.9. The standard InChI is InChI=1S/C14H11IO3/c1-9-6-7-10(14(16)17)8-13(9)18-12-5-3-2-4-11(12)15/h2-8H,1H3,(H,16,17). The Morgan fingerprint density at radius 2 is 1.89 bits per heavy atom. The molecule has 0 atom stereocenters. The molecular formula is C14H11IO3. The van der Waals surface area contributed by atoms with E-state index in [9.17, 15) is 4.79 Å². The third-order valence-corrected chi connectivity index (χ3v) is 3.38. The van der Waals surface area contributed by atoms with Crippen LogP contribution in [0.1, 0.15) is 15.9 Å². The molecule has 0 aliphatic carbocycles. The Morgan fingerprint density at radius 3 is 2.56 bits per heavy atom. The predicted molar refractivity (Wildman–Crippen MR) is 77.4 cm³/mol. The van der Waals surface area contributed by atoms with Crippen molar-refractivity contribution >= 4 is 28.6 Å². The number of carbonyl (C=O) groups is 1. The van der Waals surface area contributed by atoms with Gasteiger partial charge >= 0.3 is 5.97 Å². The van der Waals surface area contributed by atoms with E-state index in [1.165, 1.54) is 0 Å². The first-order valence-corrected chi connectivity index (χ1v) is 6.42. The van der Waals surface area contributed by atoms with Gasteiger partial charge in [0.05, 0.1) is 9.13 Å². The van der Waals surface area contributed by atoms with Crippen LogP contribution in [0.3, 0.4) is 0 Å². The molecule has 1 N–H and O–H groups in total. The van der Waals surface area contributed by atoms with Crippen molar-refractivity contribution in [3.63, 3.8) is 0 Å². The van der Waals surface area contributed by atoms with E-state index in [-0.39, 0.29) is 5.56 Å². The molecule has 0 radical (unpaired) electrons. The van der Waals surface area contributed by atoms with Crippen LogP contribution in [0.4, 0.5) is 0 Å². The number of benzene rings is 2. The van der Waals surface area contributed by atoms with E-state index >= 15 is 0 Å². The first kappa shape index (κ1) is 12.9. The molecule has 0 fully saturated rings. The molecule has 0 heterocycles. The molecule has 0 aliphatic rings. The van der Waals surface area contributed by atoms with Crippen LogP contribution in [-0.4, -0.2) is 11.1 Å². The zero-order valence-electron chi connectivity index (χ0n) is 9.68. The van der Waals surface area contributed by atoms with Crippen molar-refractivity contribution in [1.29, 1.82) is 0 Å². The lowest BCUT2D eigenvalue weighted by atomic mass is 10.1. The third-order valence-electron chi connectivity index (χ3n) is 2.49. The van der Waals surface area contributed by atoms with Crippen LogP contribution in [0, 0.1) is 10.5 Å². The number of aryl methyl sites for hydroxylation is 1. The Bertz CT molecular complexity index is 593. The van der Waals surface area contributed by atoms with Crippen LogP contribution >= 0.6 is 22.6 Å². The largest absolute Gasteiger partial charge is 0.478 e. The number of ether oxygens (including phenoxy) is 1. The Kier molecular flexibility index (Phi) is 3.86. The van der Waals surface area contributed by atoms with Crippen molar-refractivity contribution in [2.75, 3.05) is 0 Å². The highest BCUT2D eigenvalue weighted by atomic mass is 127. The second-order valence-electron chi connectivity index (χ2n) is 3.82. The number of halogens is 1. The molecule has 0 saturated heterocycles. The number of hydrogen-bond donors (Lipinski definition) is 1. The average Bonchev–Trinajstić information content (AvgIpc) is 2.34. The molecule has 3 nitrogen and oxygen atoms in total. The summed E-state index contributed by atoms with van der Waals surface area (Å²) >= 11 is 2.18. The Balaban J connectivity index is 2.37. The van der Waals surface area contributed by atoms with Gasteiger partial charge in [-0.3, -0.25) is 0 Å². The summed E-state index contributed by atoms with van der Waals surface area (Å²) in [6.07, 6.45) is 0. The van der Waals surface area contributed by atoms with Gasteiger partial charge in [0.15, 0.2) is 0 Å². The van der Waals surface area contributed by atoms with E-state index in [1.807, 2.05) is 31.2 Å². The van der Waals surface area contributed by atoms with E-state index < -0.39 is 5.97 Å². The summed E-state index contributed by atoms with van der Waals surface area (Å²) in [5, 5.41) is 8.96. The van der Waals surface area contributed by atoms with Crippen molar-refractivity contribution in [3.05, 3.63) is 57.2 Å². The van der Waals surface area contributed by atoms with Gasteiger partial charge in [0.2, 0.25) is 0 Å². The molecule has 0 aliphatic heterocycles. The smallest absolute Gasteiger partial charge is 0.335 e. The minimum atomic E-state index is -0.956. The second kappa shape index (κ2) is 5.39. The Labute approximate surface area is 119 Å². The highest BCUT2D eigenvalue weighted by Crippen LogP contribution is 2.29. The zero-order valence-corrected chi connectivity index (χ0v) is 11.8.